The minimum atomic E-state index is -4.03. The Morgan fingerprint density at radius 3 is 2.27 bits per heavy atom. The van der Waals surface area contributed by atoms with Gasteiger partial charge in [0.1, 0.15) is 6.04 Å². The van der Waals surface area contributed by atoms with Crippen LogP contribution in [0.25, 0.3) is 10.8 Å². The van der Waals surface area contributed by atoms with E-state index in [2.05, 4.69) is 5.32 Å². The SMILES string of the molecule is CN(CC(=O)N(Cc1ccc(Cl)cc1Cl)C(Cc1ccccc1)C(=O)NC1CCCC1)S(=O)(=O)c1ccc2ccccc2c1. The molecule has 5 rings (SSSR count). The smallest absolute Gasteiger partial charge is 0.243 e. The first kappa shape index (κ1) is 32.0. The molecule has 1 unspecified atom stereocenters. The van der Waals surface area contributed by atoms with Crippen LogP contribution < -0.4 is 5.32 Å². The van der Waals surface area contributed by atoms with Crippen LogP contribution in [0.4, 0.5) is 0 Å². The number of amides is 2. The van der Waals surface area contributed by atoms with Crippen molar-refractivity contribution < 1.29 is 18.0 Å². The third-order valence-corrected chi connectivity index (χ3v) is 10.5. The van der Waals surface area contributed by atoms with Gasteiger partial charge in [-0.25, -0.2) is 8.42 Å². The molecule has 0 aliphatic heterocycles. The Labute approximate surface area is 268 Å². The molecule has 0 spiro atoms. The second-order valence-corrected chi connectivity index (χ2v) is 14.1. The number of sulfonamides is 1. The second kappa shape index (κ2) is 14.1. The van der Waals surface area contributed by atoms with Gasteiger partial charge in [-0.3, -0.25) is 9.59 Å². The quantitative estimate of drug-likeness (QED) is 0.201. The Kier molecular flexibility index (Phi) is 10.3. The number of carbonyl (C=O) groups excluding carboxylic acids is 2. The van der Waals surface area contributed by atoms with Gasteiger partial charge in [0.05, 0.1) is 11.4 Å². The summed E-state index contributed by atoms with van der Waals surface area (Å²) in [5.74, 6) is -0.801. The van der Waals surface area contributed by atoms with Crippen molar-refractivity contribution in [2.75, 3.05) is 13.6 Å². The number of halogens is 2. The number of nitrogens with zero attached hydrogens (tertiary/aromatic N) is 2. The fourth-order valence-corrected chi connectivity index (χ4v) is 7.25. The Morgan fingerprint density at radius 1 is 0.886 bits per heavy atom. The molecule has 0 saturated heterocycles. The molecule has 230 valence electrons. The zero-order valence-electron chi connectivity index (χ0n) is 24.5. The molecule has 1 aliphatic rings. The summed E-state index contributed by atoms with van der Waals surface area (Å²) in [6.07, 6.45) is 4.09. The van der Waals surface area contributed by atoms with Crippen molar-refractivity contribution in [3.05, 3.63) is 112 Å². The van der Waals surface area contributed by atoms with Crippen LogP contribution in [0.3, 0.4) is 0 Å². The predicted octanol–water partition coefficient (Wildman–Crippen LogP) is 6.47. The summed E-state index contributed by atoms with van der Waals surface area (Å²) in [7, 11) is -2.65. The van der Waals surface area contributed by atoms with Crippen molar-refractivity contribution in [3.63, 3.8) is 0 Å². The summed E-state index contributed by atoms with van der Waals surface area (Å²) in [6.45, 7) is -0.476. The molecule has 0 aromatic heterocycles. The van der Waals surface area contributed by atoms with Crippen molar-refractivity contribution in [2.45, 2.75) is 55.6 Å². The molecule has 2 amide bonds. The highest BCUT2D eigenvalue weighted by molar-refractivity contribution is 7.89. The fourth-order valence-electron chi connectivity index (χ4n) is 5.63. The number of hydrogen-bond acceptors (Lipinski definition) is 4. The van der Waals surface area contributed by atoms with Crippen LogP contribution in [0.2, 0.25) is 10.0 Å². The van der Waals surface area contributed by atoms with Gasteiger partial charge in [0.2, 0.25) is 21.8 Å². The molecule has 1 atom stereocenters. The van der Waals surface area contributed by atoms with Crippen LogP contribution in [0.1, 0.15) is 36.8 Å². The Hall–Kier alpha value is -3.43. The first-order valence-corrected chi connectivity index (χ1v) is 16.8. The van der Waals surface area contributed by atoms with Crippen LogP contribution in [-0.4, -0.2) is 55.1 Å². The van der Waals surface area contributed by atoms with Crippen molar-refractivity contribution in [2.24, 2.45) is 0 Å². The molecule has 1 fully saturated rings. The Balaban J connectivity index is 1.47. The summed E-state index contributed by atoms with van der Waals surface area (Å²) in [4.78, 5) is 29.6. The average Bonchev–Trinajstić information content (AvgIpc) is 3.53. The molecule has 1 N–H and O–H groups in total. The fraction of sp³-hybridized carbons (Fsp3) is 0.294. The first-order valence-electron chi connectivity index (χ1n) is 14.6. The van der Waals surface area contributed by atoms with Crippen molar-refractivity contribution >= 4 is 55.8 Å². The Morgan fingerprint density at radius 2 is 1.57 bits per heavy atom. The van der Waals surface area contributed by atoms with Crippen molar-refractivity contribution in [3.8, 4) is 0 Å². The number of nitrogens with one attached hydrogen (secondary N) is 1. The number of benzene rings is 4. The topological polar surface area (TPSA) is 86.8 Å². The molecule has 10 heteroatoms. The van der Waals surface area contributed by atoms with E-state index in [0.29, 0.717) is 15.6 Å². The van der Waals surface area contributed by atoms with Gasteiger partial charge in [-0.2, -0.15) is 4.31 Å². The largest absolute Gasteiger partial charge is 0.352 e. The summed E-state index contributed by atoms with van der Waals surface area (Å²) >= 11 is 12.7. The molecule has 1 aliphatic carbocycles. The molecule has 4 aromatic rings. The van der Waals surface area contributed by atoms with Crippen LogP contribution in [-0.2, 0) is 32.6 Å². The lowest BCUT2D eigenvalue weighted by Gasteiger charge is -2.33. The van der Waals surface area contributed by atoms with Crippen LogP contribution in [0, 0.1) is 0 Å². The van der Waals surface area contributed by atoms with E-state index in [1.54, 1.807) is 30.3 Å². The number of likely N-dealkylation sites (N-methyl/N-ethyl adjacent to an activating group) is 1. The first-order chi connectivity index (χ1) is 21.1. The lowest BCUT2D eigenvalue weighted by molar-refractivity contribution is -0.141. The van der Waals surface area contributed by atoms with Gasteiger partial charge in [0, 0.05) is 36.1 Å². The molecule has 0 radical (unpaired) electrons. The maximum atomic E-state index is 14.2. The van der Waals surface area contributed by atoms with Crippen molar-refractivity contribution in [1.29, 1.82) is 0 Å². The van der Waals surface area contributed by atoms with Gasteiger partial charge in [-0.05, 0) is 59.0 Å². The van der Waals surface area contributed by atoms with Gasteiger partial charge in [0.15, 0.2) is 0 Å². The third kappa shape index (κ3) is 7.61. The van der Waals surface area contributed by atoms with E-state index < -0.39 is 28.5 Å². The van der Waals surface area contributed by atoms with Crippen LogP contribution in [0.15, 0.2) is 95.9 Å². The van der Waals surface area contributed by atoms with E-state index in [9.17, 15) is 18.0 Å². The van der Waals surface area contributed by atoms with Gasteiger partial charge < -0.3 is 10.2 Å². The summed E-state index contributed by atoms with van der Waals surface area (Å²) in [6, 6.07) is 25.9. The summed E-state index contributed by atoms with van der Waals surface area (Å²) in [5.41, 5.74) is 1.47. The molecule has 44 heavy (non-hydrogen) atoms. The summed E-state index contributed by atoms with van der Waals surface area (Å²) < 4.78 is 28.3. The highest BCUT2D eigenvalue weighted by Crippen LogP contribution is 2.26. The van der Waals surface area contributed by atoms with E-state index in [4.69, 9.17) is 23.2 Å². The number of hydrogen-bond donors (Lipinski definition) is 1. The normalized spacial score (nSPS) is 14.5. The molecule has 0 heterocycles. The molecular formula is C34H35Cl2N3O4S. The zero-order valence-corrected chi connectivity index (χ0v) is 26.8. The molecule has 4 aromatic carbocycles. The van der Waals surface area contributed by atoms with E-state index in [-0.39, 0.29) is 29.8 Å². The summed E-state index contributed by atoms with van der Waals surface area (Å²) in [5, 5.41) is 5.63. The van der Waals surface area contributed by atoms with E-state index in [1.807, 2.05) is 54.6 Å². The standard InChI is InChI=1S/C34H35Cl2N3O4S/c1-38(44(42,43)30-18-16-25-11-5-6-12-26(25)20-30)23-33(40)39(22-27-15-17-28(35)21-31(27)36)32(19-24-9-3-2-4-10-24)34(41)37-29-13-7-8-14-29/h2-6,9-12,15-18,20-21,29,32H,7-8,13-14,19,22-23H2,1H3,(H,37,41). The van der Waals surface area contributed by atoms with Gasteiger partial charge >= 0.3 is 0 Å². The highest BCUT2D eigenvalue weighted by atomic mass is 35.5. The number of carbonyl (C=O) groups is 2. The molecular weight excluding hydrogens is 617 g/mol. The lowest BCUT2D eigenvalue weighted by Crippen LogP contribution is -2.54. The Bertz CT molecular complexity index is 1740. The van der Waals surface area contributed by atoms with Crippen LogP contribution in [0.5, 0.6) is 0 Å². The van der Waals surface area contributed by atoms with Crippen molar-refractivity contribution in [1.82, 2.24) is 14.5 Å². The molecule has 0 bridgehead atoms. The second-order valence-electron chi connectivity index (χ2n) is 11.2. The third-order valence-electron chi connectivity index (χ3n) is 8.12. The van der Waals surface area contributed by atoms with Crippen LogP contribution >= 0.6 is 23.2 Å². The minimum Gasteiger partial charge on any atom is -0.352 e. The maximum Gasteiger partial charge on any atom is 0.243 e. The predicted molar refractivity (Wildman–Crippen MR) is 175 cm³/mol. The number of rotatable bonds is 11. The minimum absolute atomic E-state index is 0.00567. The van der Waals surface area contributed by atoms with E-state index in [1.165, 1.54) is 18.0 Å². The highest BCUT2D eigenvalue weighted by Gasteiger charge is 2.34. The number of fused-ring (bicyclic) bond motifs is 1. The van der Waals surface area contributed by atoms with Gasteiger partial charge in [-0.1, -0.05) is 103 Å². The van der Waals surface area contributed by atoms with E-state index >= 15 is 0 Å². The lowest BCUT2D eigenvalue weighted by atomic mass is 10.0. The average molecular weight is 653 g/mol. The monoisotopic (exact) mass is 651 g/mol. The maximum absolute atomic E-state index is 14.2. The molecule has 1 saturated carbocycles. The molecule has 7 nitrogen and oxygen atoms in total. The van der Waals surface area contributed by atoms with E-state index in [0.717, 1.165) is 46.3 Å². The zero-order chi connectivity index (χ0) is 31.3. The van der Waals surface area contributed by atoms with Gasteiger partial charge in [-0.15, -0.1) is 0 Å². The van der Waals surface area contributed by atoms with Gasteiger partial charge in [0.25, 0.3) is 0 Å².